The maximum absolute atomic E-state index is 8.73. The summed E-state index contributed by atoms with van der Waals surface area (Å²) in [7, 11) is 1.57. The lowest BCUT2D eigenvalue weighted by Gasteiger charge is -2.09. The van der Waals surface area contributed by atoms with E-state index in [9.17, 15) is 0 Å². The van der Waals surface area contributed by atoms with Gasteiger partial charge in [-0.3, -0.25) is 0 Å². The lowest BCUT2D eigenvalue weighted by Crippen LogP contribution is -2.14. The van der Waals surface area contributed by atoms with Crippen molar-refractivity contribution < 1.29 is 9.94 Å². The van der Waals surface area contributed by atoms with Gasteiger partial charge < -0.3 is 15.7 Å². The van der Waals surface area contributed by atoms with Crippen LogP contribution < -0.4 is 10.5 Å². The second-order valence-electron chi connectivity index (χ2n) is 4.12. The number of amidine groups is 1. The van der Waals surface area contributed by atoms with Gasteiger partial charge in [-0.15, -0.1) is 11.8 Å². The Labute approximate surface area is 122 Å². The average molecular weight is 288 g/mol. The molecule has 2 rings (SSSR count). The van der Waals surface area contributed by atoms with Crippen molar-refractivity contribution in [1.29, 1.82) is 0 Å². The van der Waals surface area contributed by atoms with Gasteiger partial charge in [-0.05, 0) is 29.8 Å². The molecule has 0 heterocycles. The first-order chi connectivity index (χ1) is 9.74. The van der Waals surface area contributed by atoms with Gasteiger partial charge >= 0.3 is 0 Å². The number of benzene rings is 2. The third-order valence-electron chi connectivity index (χ3n) is 2.80. The normalized spacial score (nSPS) is 11.3. The Kier molecular flexibility index (Phi) is 4.90. The standard InChI is InChI=1S/C15H16N2O2S/c1-19-14-9-11(7-8-13(14)15(16)17-18)10-20-12-5-3-2-4-6-12/h2-9,18H,10H2,1H3,(H2,16,17). The molecular formula is C15H16N2O2S. The molecule has 0 amide bonds. The number of hydrogen-bond acceptors (Lipinski definition) is 4. The first kappa shape index (κ1) is 14.3. The number of rotatable bonds is 5. The zero-order chi connectivity index (χ0) is 14.4. The third-order valence-corrected chi connectivity index (χ3v) is 3.88. The number of ether oxygens (including phenoxy) is 1. The summed E-state index contributed by atoms with van der Waals surface area (Å²) in [5.74, 6) is 1.48. The number of methoxy groups -OCH3 is 1. The van der Waals surface area contributed by atoms with Crippen LogP contribution >= 0.6 is 11.8 Å². The molecule has 0 saturated heterocycles. The van der Waals surface area contributed by atoms with Gasteiger partial charge in [0.2, 0.25) is 0 Å². The van der Waals surface area contributed by atoms with Gasteiger partial charge in [-0.2, -0.15) is 0 Å². The van der Waals surface area contributed by atoms with Gasteiger partial charge in [0.1, 0.15) is 5.75 Å². The Morgan fingerprint density at radius 2 is 2.00 bits per heavy atom. The van der Waals surface area contributed by atoms with E-state index >= 15 is 0 Å². The maximum Gasteiger partial charge on any atom is 0.173 e. The highest BCUT2D eigenvalue weighted by Gasteiger charge is 2.08. The Morgan fingerprint density at radius 1 is 1.25 bits per heavy atom. The molecule has 20 heavy (non-hydrogen) atoms. The molecular weight excluding hydrogens is 272 g/mol. The molecule has 0 aromatic heterocycles. The van der Waals surface area contributed by atoms with E-state index in [-0.39, 0.29) is 5.84 Å². The van der Waals surface area contributed by atoms with E-state index in [2.05, 4.69) is 17.3 Å². The van der Waals surface area contributed by atoms with Crippen molar-refractivity contribution in [2.45, 2.75) is 10.6 Å². The van der Waals surface area contributed by atoms with Crippen LogP contribution in [0.4, 0.5) is 0 Å². The molecule has 0 aliphatic carbocycles. The van der Waals surface area contributed by atoms with Crippen LogP contribution in [0.15, 0.2) is 58.6 Å². The lowest BCUT2D eigenvalue weighted by molar-refractivity contribution is 0.318. The first-order valence-corrected chi connectivity index (χ1v) is 7.06. The molecule has 2 aromatic rings. The first-order valence-electron chi connectivity index (χ1n) is 6.07. The van der Waals surface area contributed by atoms with Gasteiger partial charge in [0, 0.05) is 10.6 Å². The molecule has 0 aliphatic heterocycles. The highest BCUT2D eigenvalue weighted by Crippen LogP contribution is 2.26. The van der Waals surface area contributed by atoms with Crippen LogP contribution in [0.3, 0.4) is 0 Å². The Bertz CT molecular complexity index is 600. The predicted molar refractivity (Wildman–Crippen MR) is 81.5 cm³/mol. The van der Waals surface area contributed by atoms with Crippen molar-refractivity contribution in [1.82, 2.24) is 0 Å². The highest BCUT2D eigenvalue weighted by atomic mass is 32.2. The molecule has 0 spiro atoms. The van der Waals surface area contributed by atoms with Crippen molar-refractivity contribution in [2.24, 2.45) is 10.9 Å². The van der Waals surface area contributed by atoms with Gasteiger partial charge in [0.15, 0.2) is 5.84 Å². The van der Waals surface area contributed by atoms with Crippen LogP contribution in [0.2, 0.25) is 0 Å². The van der Waals surface area contributed by atoms with Crippen LogP contribution in [0, 0.1) is 0 Å². The van der Waals surface area contributed by atoms with Crippen LogP contribution in [0.5, 0.6) is 5.75 Å². The van der Waals surface area contributed by atoms with Gasteiger partial charge in [-0.1, -0.05) is 29.4 Å². The zero-order valence-corrected chi connectivity index (χ0v) is 11.9. The quantitative estimate of drug-likeness (QED) is 0.292. The van der Waals surface area contributed by atoms with Crippen molar-refractivity contribution in [3.63, 3.8) is 0 Å². The summed E-state index contributed by atoms with van der Waals surface area (Å²) < 4.78 is 5.28. The van der Waals surface area contributed by atoms with E-state index < -0.39 is 0 Å². The molecule has 104 valence electrons. The summed E-state index contributed by atoms with van der Waals surface area (Å²) >= 11 is 1.75. The molecule has 5 heteroatoms. The van der Waals surface area contributed by atoms with Crippen LogP contribution in [-0.4, -0.2) is 18.2 Å². The number of nitrogens with zero attached hydrogens (tertiary/aromatic N) is 1. The van der Waals surface area contributed by atoms with Crippen molar-refractivity contribution in [3.05, 3.63) is 59.7 Å². The van der Waals surface area contributed by atoms with E-state index in [1.165, 1.54) is 4.90 Å². The largest absolute Gasteiger partial charge is 0.496 e. The minimum Gasteiger partial charge on any atom is -0.496 e. The van der Waals surface area contributed by atoms with E-state index in [1.807, 2.05) is 30.3 Å². The molecule has 0 fully saturated rings. The minimum atomic E-state index is 0.0455. The molecule has 0 aliphatic rings. The maximum atomic E-state index is 8.73. The van der Waals surface area contributed by atoms with Gasteiger partial charge in [-0.25, -0.2) is 0 Å². The molecule has 0 unspecified atom stereocenters. The fourth-order valence-corrected chi connectivity index (χ4v) is 2.64. The smallest absolute Gasteiger partial charge is 0.173 e. The molecule has 0 radical (unpaired) electrons. The highest BCUT2D eigenvalue weighted by molar-refractivity contribution is 7.98. The topological polar surface area (TPSA) is 67.8 Å². The molecule has 2 aromatic carbocycles. The summed E-state index contributed by atoms with van der Waals surface area (Å²) in [6, 6.07) is 15.8. The Balaban J connectivity index is 2.14. The summed E-state index contributed by atoms with van der Waals surface area (Å²) in [4.78, 5) is 1.21. The van der Waals surface area contributed by atoms with Crippen molar-refractivity contribution >= 4 is 17.6 Å². The number of thioether (sulfide) groups is 1. The second-order valence-corrected chi connectivity index (χ2v) is 5.17. The summed E-state index contributed by atoms with van der Waals surface area (Å²) in [6.07, 6.45) is 0. The molecule has 4 nitrogen and oxygen atoms in total. The minimum absolute atomic E-state index is 0.0455. The van der Waals surface area contributed by atoms with E-state index in [4.69, 9.17) is 15.7 Å². The fourth-order valence-electron chi connectivity index (χ4n) is 1.77. The molecule has 0 saturated carbocycles. The molecule has 0 atom stereocenters. The Morgan fingerprint density at radius 3 is 2.65 bits per heavy atom. The van der Waals surface area contributed by atoms with Gasteiger partial charge in [0.25, 0.3) is 0 Å². The van der Waals surface area contributed by atoms with E-state index in [0.29, 0.717) is 11.3 Å². The van der Waals surface area contributed by atoms with E-state index in [0.717, 1.165) is 11.3 Å². The molecule has 0 bridgehead atoms. The second kappa shape index (κ2) is 6.86. The van der Waals surface area contributed by atoms with Crippen LogP contribution in [0.1, 0.15) is 11.1 Å². The van der Waals surface area contributed by atoms with Crippen LogP contribution in [0.25, 0.3) is 0 Å². The van der Waals surface area contributed by atoms with Gasteiger partial charge in [0.05, 0.1) is 12.7 Å². The number of hydrogen-bond donors (Lipinski definition) is 2. The number of oxime groups is 1. The fraction of sp³-hybridized carbons (Fsp3) is 0.133. The van der Waals surface area contributed by atoms with Crippen molar-refractivity contribution in [3.8, 4) is 5.75 Å². The monoisotopic (exact) mass is 288 g/mol. The third kappa shape index (κ3) is 3.45. The lowest BCUT2D eigenvalue weighted by atomic mass is 10.1. The summed E-state index contributed by atoms with van der Waals surface area (Å²) in [5, 5.41) is 11.7. The average Bonchev–Trinajstić information content (AvgIpc) is 2.52. The predicted octanol–water partition coefficient (Wildman–Crippen LogP) is 3.08. The van der Waals surface area contributed by atoms with Crippen LogP contribution in [-0.2, 0) is 5.75 Å². The number of nitrogens with two attached hydrogens (primary N) is 1. The SMILES string of the molecule is COc1cc(CSc2ccccc2)ccc1/C(N)=N/O. The zero-order valence-electron chi connectivity index (χ0n) is 11.1. The Hall–Kier alpha value is -2.14. The summed E-state index contributed by atoms with van der Waals surface area (Å²) in [6.45, 7) is 0. The van der Waals surface area contributed by atoms with Crippen molar-refractivity contribution in [2.75, 3.05) is 7.11 Å². The molecule has 3 N–H and O–H groups in total. The van der Waals surface area contributed by atoms with E-state index in [1.54, 1.807) is 24.9 Å². The summed E-state index contributed by atoms with van der Waals surface area (Å²) in [5.41, 5.74) is 7.30.